The van der Waals surface area contributed by atoms with Gasteiger partial charge in [-0.2, -0.15) is 0 Å². The summed E-state index contributed by atoms with van der Waals surface area (Å²) in [6, 6.07) is -1.13. The van der Waals surface area contributed by atoms with Crippen molar-refractivity contribution in [2.24, 2.45) is 5.73 Å². The molecular formula is C14H27NO8. The summed E-state index contributed by atoms with van der Waals surface area (Å²) < 4.78 is 10.7. The van der Waals surface area contributed by atoms with Crippen molar-refractivity contribution < 1.29 is 39.8 Å². The Morgan fingerprint density at radius 3 is 2.61 bits per heavy atom. The van der Waals surface area contributed by atoms with Crippen LogP contribution in [0.1, 0.15) is 32.6 Å². The quantitative estimate of drug-likeness (QED) is 0.265. The van der Waals surface area contributed by atoms with Gasteiger partial charge in [-0.25, -0.2) is 4.79 Å². The Bertz CT molecular complexity index is 382. The van der Waals surface area contributed by atoms with Crippen molar-refractivity contribution in [3.63, 3.8) is 0 Å². The predicted octanol–water partition coefficient (Wildman–Crippen LogP) is -1.83. The van der Waals surface area contributed by atoms with Crippen LogP contribution < -0.4 is 5.73 Å². The van der Waals surface area contributed by atoms with Crippen LogP contribution in [0, 0.1) is 0 Å². The lowest BCUT2D eigenvalue weighted by Crippen LogP contribution is -2.66. The summed E-state index contributed by atoms with van der Waals surface area (Å²) in [4.78, 5) is 11.6. The van der Waals surface area contributed by atoms with Gasteiger partial charge in [0.2, 0.25) is 0 Å². The van der Waals surface area contributed by atoms with E-state index in [2.05, 4.69) is 0 Å². The third-order valence-electron chi connectivity index (χ3n) is 3.95. The Balaban J connectivity index is 2.91. The molecule has 1 rings (SSSR count). The molecule has 6 atom stereocenters. The summed E-state index contributed by atoms with van der Waals surface area (Å²) >= 11 is 0. The van der Waals surface area contributed by atoms with Gasteiger partial charge < -0.3 is 40.7 Å². The lowest BCUT2D eigenvalue weighted by molar-refractivity contribution is -0.309. The molecule has 3 unspecified atom stereocenters. The van der Waals surface area contributed by atoms with E-state index < -0.39 is 55.2 Å². The zero-order valence-corrected chi connectivity index (χ0v) is 13.2. The molecule has 7 N–H and O–H groups in total. The molecule has 1 saturated heterocycles. The van der Waals surface area contributed by atoms with Gasteiger partial charge >= 0.3 is 5.97 Å². The fourth-order valence-electron chi connectivity index (χ4n) is 2.48. The highest BCUT2D eigenvalue weighted by Gasteiger charge is 2.54. The number of hydrogen-bond acceptors (Lipinski definition) is 8. The second-order valence-corrected chi connectivity index (χ2v) is 5.79. The van der Waals surface area contributed by atoms with Gasteiger partial charge in [0.25, 0.3) is 5.79 Å². The molecule has 0 spiro atoms. The first-order valence-electron chi connectivity index (χ1n) is 7.75. The molecule has 9 nitrogen and oxygen atoms in total. The topological polar surface area (TPSA) is 163 Å². The van der Waals surface area contributed by atoms with E-state index in [9.17, 15) is 25.2 Å². The summed E-state index contributed by atoms with van der Waals surface area (Å²) in [6.45, 7) is 1.32. The Morgan fingerprint density at radius 1 is 1.43 bits per heavy atom. The van der Waals surface area contributed by atoms with Gasteiger partial charge in [-0.3, -0.25) is 0 Å². The first kappa shape index (κ1) is 20.2. The van der Waals surface area contributed by atoms with Crippen LogP contribution in [0.3, 0.4) is 0 Å². The van der Waals surface area contributed by atoms with Crippen LogP contribution in [0.15, 0.2) is 0 Å². The maximum atomic E-state index is 11.6. The van der Waals surface area contributed by atoms with E-state index >= 15 is 0 Å². The molecule has 23 heavy (non-hydrogen) atoms. The Labute approximate surface area is 134 Å². The van der Waals surface area contributed by atoms with Crippen LogP contribution in [-0.2, 0) is 14.3 Å². The lowest BCUT2D eigenvalue weighted by Gasteiger charge is -2.45. The van der Waals surface area contributed by atoms with Crippen molar-refractivity contribution >= 4 is 5.97 Å². The maximum absolute atomic E-state index is 11.6. The van der Waals surface area contributed by atoms with Crippen LogP contribution in [0.25, 0.3) is 0 Å². The standard InChI is InChI=1S/C14H27NO8/c1-2-3-4-5-22-14(13(20)21)6-8(17)10(15)12(23-14)11(19)9(18)7-16/h8-12,16-19H,2-7,15H2,1H3,(H,20,21)/t8-,9?,10+,11?,12+,14?/m0/s1. The van der Waals surface area contributed by atoms with Crippen LogP contribution in [0.5, 0.6) is 0 Å². The summed E-state index contributed by atoms with van der Waals surface area (Å²) in [6.07, 6.45) is -3.97. The minimum absolute atomic E-state index is 0.105. The number of aliphatic hydroxyl groups excluding tert-OH is 4. The molecule has 0 aromatic carbocycles. The van der Waals surface area contributed by atoms with Crippen molar-refractivity contribution in [2.75, 3.05) is 13.2 Å². The van der Waals surface area contributed by atoms with Gasteiger partial charge in [-0.15, -0.1) is 0 Å². The van der Waals surface area contributed by atoms with Gasteiger partial charge in [-0.1, -0.05) is 19.8 Å². The summed E-state index contributed by atoms with van der Waals surface area (Å²) in [7, 11) is 0. The van der Waals surface area contributed by atoms with E-state index in [0.29, 0.717) is 6.42 Å². The largest absolute Gasteiger partial charge is 0.477 e. The number of unbranched alkanes of at least 4 members (excludes halogenated alkanes) is 2. The molecule has 0 aliphatic carbocycles. The van der Waals surface area contributed by atoms with E-state index in [0.717, 1.165) is 12.8 Å². The van der Waals surface area contributed by atoms with E-state index in [4.69, 9.17) is 20.3 Å². The first-order chi connectivity index (χ1) is 10.8. The predicted molar refractivity (Wildman–Crippen MR) is 78.4 cm³/mol. The number of rotatable bonds is 9. The summed E-state index contributed by atoms with van der Waals surface area (Å²) in [5, 5.41) is 47.9. The molecule has 1 aliphatic rings. The van der Waals surface area contributed by atoms with Crippen molar-refractivity contribution in [2.45, 2.75) is 68.9 Å². The number of nitrogens with two attached hydrogens (primary N) is 1. The SMILES string of the molecule is CCCCCOC1(C(=O)O)C[C@H](O)[C@@H](N)[C@H](C(O)C(O)CO)O1. The Hall–Kier alpha value is -0.810. The minimum Gasteiger partial charge on any atom is -0.477 e. The molecular weight excluding hydrogens is 310 g/mol. The number of aliphatic carboxylic acids is 1. The third kappa shape index (κ3) is 4.83. The highest BCUT2D eigenvalue weighted by Crippen LogP contribution is 2.32. The van der Waals surface area contributed by atoms with Crippen LogP contribution in [0.4, 0.5) is 0 Å². The Kier molecular flexibility index (Phi) is 7.81. The van der Waals surface area contributed by atoms with Crippen LogP contribution in [-0.4, -0.2) is 81.0 Å². The summed E-state index contributed by atoms with van der Waals surface area (Å²) in [5.74, 6) is -3.60. The first-order valence-corrected chi connectivity index (χ1v) is 7.75. The molecule has 0 amide bonds. The average molecular weight is 337 g/mol. The molecule has 0 bridgehead atoms. The molecule has 136 valence electrons. The zero-order chi connectivity index (χ0) is 17.6. The number of hydrogen-bond donors (Lipinski definition) is 6. The van der Waals surface area contributed by atoms with E-state index in [1.807, 2.05) is 6.92 Å². The monoisotopic (exact) mass is 337 g/mol. The van der Waals surface area contributed by atoms with Gasteiger partial charge in [0, 0.05) is 6.42 Å². The maximum Gasteiger partial charge on any atom is 0.364 e. The minimum atomic E-state index is -2.15. The highest BCUT2D eigenvalue weighted by atomic mass is 16.7. The van der Waals surface area contributed by atoms with Crippen molar-refractivity contribution in [1.29, 1.82) is 0 Å². The molecule has 1 heterocycles. The van der Waals surface area contributed by atoms with E-state index in [1.165, 1.54) is 0 Å². The number of carboxylic acids is 1. The highest BCUT2D eigenvalue weighted by molar-refractivity contribution is 5.76. The van der Waals surface area contributed by atoms with E-state index in [1.54, 1.807) is 0 Å². The van der Waals surface area contributed by atoms with Gasteiger partial charge in [0.1, 0.15) is 18.3 Å². The smallest absolute Gasteiger partial charge is 0.364 e. The molecule has 1 aliphatic heterocycles. The number of carboxylic acid groups (broad SMARTS) is 1. The van der Waals surface area contributed by atoms with Gasteiger partial charge in [0.15, 0.2) is 0 Å². The second-order valence-electron chi connectivity index (χ2n) is 5.79. The normalized spacial score (nSPS) is 34.1. The van der Waals surface area contributed by atoms with Gasteiger partial charge in [-0.05, 0) is 6.42 Å². The fourth-order valence-corrected chi connectivity index (χ4v) is 2.48. The van der Waals surface area contributed by atoms with Crippen molar-refractivity contribution in [3.05, 3.63) is 0 Å². The van der Waals surface area contributed by atoms with Crippen molar-refractivity contribution in [3.8, 4) is 0 Å². The molecule has 0 aromatic rings. The molecule has 1 fully saturated rings. The van der Waals surface area contributed by atoms with Crippen LogP contribution in [0.2, 0.25) is 0 Å². The average Bonchev–Trinajstić information content (AvgIpc) is 2.53. The number of aliphatic hydroxyl groups is 4. The fraction of sp³-hybridized carbons (Fsp3) is 0.929. The molecule has 0 radical (unpaired) electrons. The lowest BCUT2D eigenvalue weighted by atomic mass is 9.89. The van der Waals surface area contributed by atoms with Gasteiger partial charge in [0.05, 0.1) is 25.4 Å². The zero-order valence-electron chi connectivity index (χ0n) is 13.2. The molecule has 9 heteroatoms. The molecule has 0 aromatic heterocycles. The molecule has 0 saturated carbocycles. The van der Waals surface area contributed by atoms with Crippen LogP contribution >= 0.6 is 0 Å². The van der Waals surface area contributed by atoms with E-state index in [-0.39, 0.29) is 6.61 Å². The summed E-state index contributed by atoms with van der Waals surface area (Å²) in [5.41, 5.74) is 5.74. The number of carbonyl (C=O) groups is 1. The second kappa shape index (κ2) is 8.88. The van der Waals surface area contributed by atoms with Crippen molar-refractivity contribution in [1.82, 2.24) is 0 Å². The number of ether oxygens (including phenoxy) is 2. The third-order valence-corrected chi connectivity index (χ3v) is 3.95. The Morgan fingerprint density at radius 2 is 2.09 bits per heavy atom.